The van der Waals surface area contributed by atoms with Crippen LogP contribution in [0, 0.1) is 0 Å². The van der Waals surface area contributed by atoms with Crippen molar-refractivity contribution in [2.75, 3.05) is 5.75 Å². The predicted octanol–water partition coefficient (Wildman–Crippen LogP) is 3.62. The number of rotatable bonds is 5. The van der Waals surface area contributed by atoms with E-state index in [2.05, 4.69) is 20.4 Å². The lowest BCUT2D eigenvalue weighted by Crippen LogP contribution is -2.33. The minimum absolute atomic E-state index is 0.0483. The molecule has 1 amide bonds. The van der Waals surface area contributed by atoms with E-state index in [1.165, 1.54) is 30.9 Å². The molecule has 0 bridgehead atoms. The van der Waals surface area contributed by atoms with Crippen LogP contribution in [-0.4, -0.2) is 37.5 Å². The third-order valence-electron chi connectivity index (χ3n) is 4.47. The molecule has 1 saturated carbocycles. The summed E-state index contributed by atoms with van der Waals surface area (Å²) in [4.78, 5) is 20.8. The molecule has 0 atom stereocenters. The van der Waals surface area contributed by atoms with Crippen molar-refractivity contribution < 1.29 is 4.79 Å². The van der Waals surface area contributed by atoms with Crippen molar-refractivity contribution in [3.8, 4) is 5.69 Å². The van der Waals surface area contributed by atoms with Gasteiger partial charge in [0.15, 0.2) is 5.65 Å². The number of hydrogen-bond acceptors (Lipinski definition) is 5. The molecule has 0 unspecified atom stereocenters. The minimum Gasteiger partial charge on any atom is -0.353 e. The Morgan fingerprint density at radius 3 is 2.88 bits per heavy atom. The van der Waals surface area contributed by atoms with Gasteiger partial charge in [0.05, 0.1) is 28.0 Å². The fourth-order valence-corrected chi connectivity index (χ4v) is 4.20. The molecule has 0 aliphatic heterocycles. The van der Waals surface area contributed by atoms with Crippen molar-refractivity contribution in [2.24, 2.45) is 0 Å². The smallest absolute Gasteiger partial charge is 0.230 e. The second-order valence-corrected chi connectivity index (χ2v) is 7.63. The highest BCUT2D eigenvalue weighted by molar-refractivity contribution is 8.00. The van der Waals surface area contributed by atoms with Crippen molar-refractivity contribution in [1.29, 1.82) is 0 Å². The van der Waals surface area contributed by atoms with E-state index in [-0.39, 0.29) is 5.91 Å². The van der Waals surface area contributed by atoms with Gasteiger partial charge in [-0.05, 0) is 25.0 Å². The predicted molar refractivity (Wildman–Crippen MR) is 103 cm³/mol. The van der Waals surface area contributed by atoms with Crippen molar-refractivity contribution in [3.05, 3.63) is 41.8 Å². The normalized spacial score (nSPS) is 14.8. The summed E-state index contributed by atoms with van der Waals surface area (Å²) in [6.45, 7) is 0. The lowest BCUT2D eigenvalue weighted by Gasteiger charge is -2.11. The third kappa shape index (κ3) is 3.54. The van der Waals surface area contributed by atoms with E-state index < -0.39 is 0 Å². The number of fused-ring (bicyclic) bond motifs is 1. The fourth-order valence-electron chi connectivity index (χ4n) is 3.21. The van der Waals surface area contributed by atoms with Crippen LogP contribution >= 0.6 is 23.4 Å². The summed E-state index contributed by atoms with van der Waals surface area (Å²) in [7, 11) is 0. The molecule has 134 valence electrons. The molecule has 1 aliphatic carbocycles. The van der Waals surface area contributed by atoms with Gasteiger partial charge >= 0.3 is 0 Å². The van der Waals surface area contributed by atoms with Gasteiger partial charge in [0, 0.05) is 6.04 Å². The Hall–Kier alpha value is -2.12. The zero-order valence-corrected chi connectivity index (χ0v) is 15.6. The first-order valence-electron chi connectivity index (χ1n) is 8.58. The summed E-state index contributed by atoms with van der Waals surface area (Å²) in [5.74, 6) is 0.382. The van der Waals surface area contributed by atoms with Gasteiger partial charge in [-0.15, -0.1) is 0 Å². The second kappa shape index (κ2) is 7.63. The van der Waals surface area contributed by atoms with E-state index >= 15 is 0 Å². The molecule has 26 heavy (non-hydrogen) atoms. The van der Waals surface area contributed by atoms with Gasteiger partial charge < -0.3 is 5.32 Å². The number of benzene rings is 1. The van der Waals surface area contributed by atoms with Crippen LogP contribution in [0.4, 0.5) is 0 Å². The number of hydrogen-bond donors (Lipinski definition) is 1. The van der Waals surface area contributed by atoms with Crippen LogP contribution in [0.1, 0.15) is 25.7 Å². The summed E-state index contributed by atoms with van der Waals surface area (Å²) in [5.41, 5.74) is 1.43. The zero-order chi connectivity index (χ0) is 17.9. The number of halogens is 1. The summed E-state index contributed by atoms with van der Waals surface area (Å²) in [6, 6.07) is 7.81. The SMILES string of the molecule is O=C(CSc1ncnc2c1cnn2-c1ccccc1Cl)NC1CCCC1. The average Bonchev–Trinajstić information content (AvgIpc) is 3.30. The summed E-state index contributed by atoms with van der Waals surface area (Å²) in [6.07, 6.45) is 7.78. The Labute approximate surface area is 160 Å². The number of para-hydroxylation sites is 1. The molecule has 0 saturated heterocycles. The van der Waals surface area contributed by atoms with E-state index in [1.807, 2.05) is 24.3 Å². The Kier molecular flexibility index (Phi) is 5.08. The number of carbonyl (C=O) groups excluding carboxylic acids is 1. The Morgan fingerprint density at radius 1 is 1.27 bits per heavy atom. The van der Waals surface area contributed by atoms with Gasteiger partial charge in [0.2, 0.25) is 5.91 Å². The Balaban J connectivity index is 1.53. The van der Waals surface area contributed by atoms with Crippen LogP contribution in [0.3, 0.4) is 0 Å². The van der Waals surface area contributed by atoms with Crippen LogP contribution in [0.5, 0.6) is 0 Å². The quantitative estimate of drug-likeness (QED) is 0.534. The van der Waals surface area contributed by atoms with Gasteiger partial charge in [0.1, 0.15) is 11.4 Å². The number of nitrogens with one attached hydrogen (secondary N) is 1. The van der Waals surface area contributed by atoms with Crippen LogP contribution in [0.25, 0.3) is 16.7 Å². The number of thioether (sulfide) groups is 1. The molecule has 1 fully saturated rings. The van der Waals surface area contributed by atoms with Gasteiger partial charge in [-0.2, -0.15) is 5.10 Å². The highest BCUT2D eigenvalue weighted by atomic mass is 35.5. The first-order chi connectivity index (χ1) is 12.7. The molecule has 0 radical (unpaired) electrons. The molecule has 3 aromatic rings. The zero-order valence-electron chi connectivity index (χ0n) is 14.1. The maximum atomic E-state index is 12.2. The number of aromatic nitrogens is 4. The van der Waals surface area contributed by atoms with E-state index in [9.17, 15) is 4.79 Å². The molecule has 1 aromatic carbocycles. The average molecular weight is 388 g/mol. The maximum absolute atomic E-state index is 12.2. The second-order valence-electron chi connectivity index (χ2n) is 6.26. The highest BCUT2D eigenvalue weighted by Gasteiger charge is 2.18. The Bertz CT molecular complexity index is 938. The summed E-state index contributed by atoms with van der Waals surface area (Å²) >= 11 is 7.68. The van der Waals surface area contributed by atoms with Gasteiger partial charge in [-0.1, -0.05) is 48.3 Å². The van der Waals surface area contributed by atoms with Crippen LogP contribution in [0.15, 0.2) is 41.8 Å². The first-order valence-corrected chi connectivity index (χ1v) is 9.94. The molecule has 0 spiro atoms. The first kappa shape index (κ1) is 17.3. The summed E-state index contributed by atoms with van der Waals surface area (Å²) in [5, 5.41) is 9.66. The highest BCUT2D eigenvalue weighted by Crippen LogP contribution is 2.28. The van der Waals surface area contributed by atoms with Crippen LogP contribution in [-0.2, 0) is 4.79 Å². The van der Waals surface area contributed by atoms with E-state index in [0.717, 1.165) is 28.9 Å². The molecular weight excluding hydrogens is 370 g/mol. The van der Waals surface area contributed by atoms with Crippen molar-refractivity contribution in [1.82, 2.24) is 25.1 Å². The van der Waals surface area contributed by atoms with E-state index in [4.69, 9.17) is 11.6 Å². The maximum Gasteiger partial charge on any atom is 0.230 e. The monoisotopic (exact) mass is 387 g/mol. The van der Waals surface area contributed by atoms with Gasteiger partial charge in [-0.25, -0.2) is 14.6 Å². The molecule has 1 aliphatic rings. The summed E-state index contributed by atoms with van der Waals surface area (Å²) < 4.78 is 1.70. The Morgan fingerprint density at radius 2 is 2.08 bits per heavy atom. The van der Waals surface area contributed by atoms with Crippen molar-refractivity contribution in [2.45, 2.75) is 36.8 Å². The lowest BCUT2D eigenvalue weighted by atomic mass is 10.2. The number of carbonyl (C=O) groups is 1. The molecule has 2 heterocycles. The fraction of sp³-hybridized carbons (Fsp3) is 0.333. The van der Waals surface area contributed by atoms with Crippen LogP contribution in [0.2, 0.25) is 5.02 Å². The molecule has 1 N–H and O–H groups in total. The molecule has 4 rings (SSSR count). The molecule has 6 nitrogen and oxygen atoms in total. The topological polar surface area (TPSA) is 72.7 Å². The number of nitrogens with zero attached hydrogens (tertiary/aromatic N) is 4. The van der Waals surface area contributed by atoms with Crippen molar-refractivity contribution >= 4 is 40.3 Å². The van der Waals surface area contributed by atoms with Crippen molar-refractivity contribution in [3.63, 3.8) is 0 Å². The minimum atomic E-state index is 0.0483. The standard InChI is InChI=1S/C18H18ClN5OS/c19-14-7-3-4-8-15(14)24-17-13(9-22-24)18(21-11-20-17)26-10-16(25)23-12-5-1-2-6-12/h3-4,7-9,11-12H,1-2,5-6,10H2,(H,23,25). The molecule has 8 heteroatoms. The van der Waals surface area contributed by atoms with Gasteiger partial charge in [0.25, 0.3) is 0 Å². The van der Waals surface area contributed by atoms with Gasteiger partial charge in [-0.3, -0.25) is 4.79 Å². The van der Waals surface area contributed by atoms with E-state index in [0.29, 0.717) is 22.5 Å². The third-order valence-corrected chi connectivity index (χ3v) is 5.80. The van der Waals surface area contributed by atoms with Crippen LogP contribution < -0.4 is 5.32 Å². The van der Waals surface area contributed by atoms with E-state index in [1.54, 1.807) is 10.9 Å². The lowest BCUT2D eigenvalue weighted by molar-refractivity contribution is -0.119. The molecule has 2 aromatic heterocycles. The number of amides is 1. The largest absolute Gasteiger partial charge is 0.353 e. The molecular formula is C18H18ClN5OS.